The first-order chi connectivity index (χ1) is 10.2. The maximum Gasteiger partial charge on any atom is 0.253 e. The normalized spacial score (nSPS) is 22.4. The van der Waals surface area contributed by atoms with Gasteiger partial charge in [-0.25, -0.2) is 0 Å². The Morgan fingerprint density at radius 2 is 2.24 bits per heavy atom. The zero-order chi connectivity index (χ0) is 14.8. The Labute approximate surface area is 124 Å². The van der Waals surface area contributed by atoms with Gasteiger partial charge in [0.15, 0.2) is 0 Å². The Hall–Kier alpha value is -2.07. The van der Waals surface area contributed by atoms with Gasteiger partial charge in [0, 0.05) is 24.2 Å². The molecule has 3 rings (SSSR count). The van der Waals surface area contributed by atoms with Crippen molar-refractivity contribution in [3.8, 4) is 0 Å². The van der Waals surface area contributed by atoms with Gasteiger partial charge in [0.05, 0.1) is 17.7 Å². The van der Waals surface area contributed by atoms with Crippen LogP contribution in [-0.4, -0.2) is 30.1 Å². The summed E-state index contributed by atoms with van der Waals surface area (Å²) in [6.45, 7) is 4.02. The second-order valence-electron chi connectivity index (χ2n) is 5.59. The summed E-state index contributed by atoms with van der Waals surface area (Å²) in [5.41, 5.74) is 2.85. The fraction of sp³-hybridized carbons (Fsp3) is 0.353. The maximum atomic E-state index is 12.5. The standard InChI is InChI=1S/C17H20N2O2/c1-11-7-8-15(16(9-11)21-2)19-17(20)13-10-18-14-6-4-3-5-12(13)14/h3-6,10,15-16,18H,1,7-9H2,2H3,(H,19,20). The van der Waals surface area contributed by atoms with Crippen LogP contribution in [0.5, 0.6) is 0 Å². The van der Waals surface area contributed by atoms with Crippen LogP contribution < -0.4 is 5.32 Å². The maximum absolute atomic E-state index is 12.5. The molecule has 21 heavy (non-hydrogen) atoms. The number of fused-ring (bicyclic) bond motifs is 1. The van der Waals surface area contributed by atoms with Gasteiger partial charge in [0.1, 0.15) is 0 Å². The lowest BCUT2D eigenvalue weighted by atomic mass is 9.89. The minimum atomic E-state index is -0.0491. The predicted molar refractivity (Wildman–Crippen MR) is 83.3 cm³/mol. The monoisotopic (exact) mass is 284 g/mol. The minimum absolute atomic E-state index is 0.0143. The molecular formula is C17H20N2O2. The van der Waals surface area contributed by atoms with Crippen molar-refractivity contribution in [2.24, 2.45) is 0 Å². The highest BCUT2D eigenvalue weighted by molar-refractivity contribution is 6.06. The van der Waals surface area contributed by atoms with E-state index >= 15 is 0 Å². The first-order valence-electron chi connectivity index (χ1n) is 7.25. The van der Waals surface area contributed by atoms with E-state index in [4.69, 9.17) is 4.74 Å². The molecule has 0 aliphatic heterocycles. The van der Waals surface area contributed by atoms with Crippen molar-refractivity contribution in [2.45, 2.75) is 31.4 Å². The smallest absolute Gasteiger partial charge is 0.253 e. The van der Waals surface area contributed by atoms with Crippen molar-refractivity contribution in [3.05, 3.63) is 48.2 Å². The van der Waals surface area contributed by atoms with Crippen LogP contribution in [0.25, 0.3) is 10.9 Å². The second kappa shape index (κ2) is 5.74. The van der Waals surface area contributed by atoms with Crippen LogP contribution >= 0.6 is 0 Å². The van der Waals surface area contributed by atoms with E-state index in [0.29, 0.717) is 5.56 Å². The fourth-order valence-electron chi connectivity index (χ4n) is 2.99. The zero-order valence-electron chi connectivity index (χ0n) is 12.2. The number of nitrogens with one attached hydrogen (secondary N) is 2. The number of hydrogen-bond donors (Lipinski definition) is 2. The SMILES string of the molecule is C=C1CCC(NC(=O)c2c[nH]c3ccccc23)C(OC)C1. The van der Waals surface area contributed by atoms with Crippen LogP contribution in [0.2, 0.25) is 0 Å². The van der Waals surface area contributed by atoms with E-state index in [1.165, 1.54) is 5.57 Å². The number of benzene rings is 1. The molecule has 110 valence electrons. The molecule has 2 atom stereocenters. The van der Waals surface area contributed by atoms with E-state index in [1.54, 1.807) is 13.3 Å². The van der Waals surface area contributed by atoms with E-state index < -0.39 is 0 Å². The highest BCUT2D eigenvalue weighted by Crippen LogP contribution is 2.25. The molecule has 0 spiro atoms. The van der Waals surface area contributed by atoms with Crippen LogP contribution in [-0.2, 0) is 4.74 Å². The van der Waals surface area contributed by atoms with Gasteiger partial charge < -0.3 is 15.0 Å². The lowest BCUT2D eigenvalue weighted by molar-refractivity contribution is 0.0508. The van der Waals surface area contributed by atoms with Crippen molar-refractivity contribution in [3.63, 3.8) is 0 Å². The molecule has 1 amide bonds. The number of H-pyrrole nitrogens is 1. The van der Waals surface area contributed by atoms with Gasteiger partial charge >= 0.3 is 0 Å². The Bertz CT molecular complexity index is 674. The van der Waals surface area contributed by atoms with Gasteiger partial charge in [-0.2, -0.15) is 0 Å². The number of carbonyl (C=O) groups excluding carboxylic acids is 1. The first kappa shape index (κ1) is 13.9. The Kier molecular flexibility index (Phi) is 3.80. The number of methoxy groups -OCH3 is 1. The van der Waals surface area contributed by atoms with Gasteiger partial charge in [0.2, 0.25) is 0 Å². The summed E-state index contributed by atoms with van der Waals surface area (Å²) in [5, 5.41) is 4.06. The molecule has 1 saturated carbocycles. The lowest BCUT2D eigenvalue weighted by Crippen LogP contribution is -2.46. The quantitative estimate of drug-likeness (QED) is 0.851. The molecule has 1 aromatic carbocycles. The number of hydrogen-bond acceptors (Lipinski definition) is 2. The summed E-state index contributed by atoms with van der Waals surface area (Å²) >= 11 is 0. The molecule has 2 N–H and O–H groups in total. The number of carbonyl (C=O) groups is 1. The topological polar surface area (TPSA) is 54.1 Å². The van der Waals surface area contributed by atoms with Gasteiger partial charge in [-0.05, 0) is 25.3 Å². The molecule has 1 aromatic heterocycles. The zero-order valence-corrected chi connectivity index (χ0v) is 12.2. The third kappa shape index (κ3) is 2.72. The Morgan fingerprint density at radius 1 is 1.43 bits per heavy atom. The van der Waals surface area contributed by atoms with Crippen molar-refractivity contribution in [2.75, 3.05) is 7.11 Å². The molecule has 1 fully saturated rings. The predicted octanol–water partition coefficient (Wildman–Crippen LogP) is 3.02. The second-order valence-corrected chi connectivity index (χ2v) is 5.59. The van der Waals surface area contributed by atoms with Crippen molar-refractivity contribution in [1.82, 2.24) is 10.3 Å². The molecule has 0 bridgehead atoms. The molecule has 4 heteroatoms. The molecule has 1 aliphatic rings. The summed E-state index contributed by atoms with van der Waals surface area (Å²) in [5.74, 6) is -0.0491. The summed E-state index contributed by atoms with van der Waals surface area (Å²) in [6, 6.07) is 7.86. The van der Waals surface area contributed by atoms with Crippen molar-refractivity contribution in [1.29, 1.82) is 0 Å². The largest absolute Gasteiger partial charge is 0.379 e. The van der Waals surface area contributed by atoms with E-state index in [-0.39, 0.29) is 18.1 Å². The molecule has 4 nitrogen and oxygen atoms in total. The fourth-order valence-corrected chi connectivity index (χ4v) is 2.99. The van der Waals surface area contributed by atoms with Crippen LogP contribution in [0, 0.1) is 0 Å². The van der Waals surface area contributed by atoms with Crippen LogP contribution in [0.3, 0.4) is 0 Å². The van der Waals surface area contributed by atoms with Crippen molar-refractivity contribution >= 4 is 16.8 Å². The van der Waals surface area contributed by atoms with E-state index in [0.717, 1.165) is 30.2 Å². The third-order valence-corrected chi connectivity index (χ3v) is 4.20. The Morgan fingerprint density at radius 3 is 3.05 bits per heavy atom. The first-order valence-corrected chi connectivity index (χ1v) is 7.25. The van der Waals surface area contributed by atoms with Crippen LogP contribution in [0.1, 0.15) is 29.6 Å². The highest BCUT2D eigenvalue weighted by Gasteiger charge is 2.28. The van der Waals surface area contributed by atoms with Gasteiger partial charge in [-0.3, -0.25) is 4.79 Å². The van der Waals surface area contributed by atoms with E-state index in [1.807, 2.05) is 24.3 Å². The molecule has 0 saturated heterocycles. The lowest BCUT2D eigenvalue weighted by Gasteiger charge is -2.32. The number of aromatic amines is 1. The average molecular weight is 284 g/mol. The summed E-state index contributed by atoms with van der Waals surface area (Å²) in [6.07, 6.45) is 4.42. The van der Waals surface area contributed by atoms with Gasteiger partial charge in [-0.1, -0.05) is 30.4 Å². The van der Waals surface area contributed by atoms with Crippen molar-refractivity contribution < 1.29 is 9.53 Å². The summed E-state index contributed by atoms with van der Waals surface area (Å²) in [7, 11) is 1.69. The number of ether oxygens (including phenoxy) is 1. The van der Waals surface area contributed by atoms with Crippen LogP contribution in [0.4, 0.5) is 0 Å². The summed E-state index contributed by atoms with van der Waals surface area (Å²) in [4.78, 5) is 15.7. The van der Waals surface area contributed by atoms with Gasteiger partial charge in [-0.15, -0.1) is 0 Å². The average Bonchev–Trinajstić information content (AvgIpc) is 2.93. The number of rotatable bonds is 3. The molecule has 2 aromatic rings. The third-order valence-electron chi connectivity index (χ3n) is 4.20. The van der Waals surface area contributed by atoms with E-state index in [2.05, 4.69) is 16.9 Å². The summed E-state index contributed by atoms with van der Waals surface area (Å²) < 4.78 is 5.50. The highest BCUT2D eigenvalue weighted by atomic mass is 16.5. The molecule has 1 aliphatic carbocycles. The number of para-hydroxylation sites is 1. The molecular weight excluding hydrogens is 264 g/mol. The number of amides is 1. The van der Waals surface area contributed by atoms with Gasteiger partial charge in [0.25, 0.3) is 5.91 Å². The molecule has 0 radical (unpaired) electrons. The molecule has 2 unspecified atom stereocenters. The Balaban J connectivity index is 1.78. The van der Waals surface area contributed by atoms with E-state index in [9.17, 15) is 4.79 Å². The minimum Gasteiger partial charge on any atom is -0.379 e. The van der Waals surface area contributed by atoms with Crippen LogP contribution in [0.15, 0.2) is 42.6 Å². The molecule has 1 heterocycles. The number of aromatic nitrogens is 1.